The first-order valence-electron chi connectivity index (χ1n) is 8.55. The quantitative estimate of drug-likeness (QED) is 0.666. The van der Waals surface area contributed by atoms with Gasteiger partial charge in [-0.15, -0.1) is 0 Å². The summed E-state index contributed by atoms with van der Waals surface area (Å²) in [5.41, 5.74) is 0.869. The van der Waals surface area contributed by atoms with Gasteiger partial charge in [-0.3, -0.25) is 10.1 Å². The van der Waals surface area contributed by atoms with Gasteiger partial charge in [0.15, 0.2) is 0 Å². The van der Waals surface area contributed by atoms with E-state index < -0.39 is 23.6 Å². The molecule has 0 radical (unpaired) electrons. The molecular formula is C21H22N2O5. The van der Waals surface area contributed by atoms with Crippen LogP contribution in [0, 0.1) is 0 Å². The van der Waals surface area contributed by atoms with Crippen LogP contribution < -0.4 is 10.6 Å². The Labute approximate surface area is 163 Å². The second-order valence-electron chi connectivity index (χ2n) is 6.93. The normalized spacial score (nSPS) is 11.1. The number of rotatable bonds is 5. The lowest BCUT2D eigenvalue weighted by Gasteiger charge is -2.20. The smallest absolute Gasteiger partial charge is 0.412 e. The highest BCUT2D eigenvalue weighted by molar-refractivity contribution is 6.05. The molecule has 0 aromatic heterocycles. The number of carboxylic acids is 1. The number of carbonyl (C=O) groups is 3. The maximum absolute atomic E-state index is 12.2. The molecule has 7 nitrogen and oxygen atoms in total. The minimum Gasteiger partial charge on any atom is -0.478 e. The Morgan fingerprint density at radius 2 is 1.61 bits per heavy atom. The molecule has 0 bridgehead atoms. The summed E-state index contributed by atoms with van der Waals surface area (Å²) < 4.78 is 5.21. The minimum atomic E-state index is -1.04. The van der Waals surface area contributed by atoms with Gasteiger partial charge in [0.2, 0.25) is 5.91 Å². The molecule has 2 amide bonds. The average Bonchev–Trinajstić information content (AvgIpc) is 2.60. The van der Waals surface area contributed by atoms with E-state index in [2.05, 4.69) is 10.6 Å². The van der Waals surface area contributed by atoms with Crippen molar-refractivity contribution in [1.29, 1.82) is 0 Å². The third-order valence-corrected chi connectivity index (χ3v) is 3.38. The van der Waals surface area contributed by atoms with Crippen LogP contribution >= 0.6 is 0 Å². The van der Waals surface area contributed by atoms with E-state index in [0.717, 1.165) is 0 Å². The van der Waals surface area contributed by atoms with Crippen LogP contribution in [0.3, 0.4) is 0 Å². The molecule has 0 saturated heterocycles. The number of anilines is 2. The topological polar surface area (TPSA) is 105 Å². The summed E-state index contributed by atoms with van der Waals surface area (Å²) in [6.45, 7) is 5.26. The number of ether oxygens (including phenoxy) is 1. The largest absolute Gasteiger partial charge is 0.478 e. The van der Waals surface area contributed by atoms with Crippen molar-refractivity contribution in [3.8, 4) is 0 Å². The van der Waals surface area contributed by atoms with Gasteiger partial charge >= 0.3 is 12.1 Å². The Hall–Kier alpha value is -3.61. The molecule has 0 spiro atoms. The number of hydrogen-bond acceptors (Lipinski definition) is 4. The van der Waals surface area contributed by atoms with Crippen LogP contribution in [0.2, 0.25) is 0 Å². The van der Waals surface area contributed by atoms with Gasteiger partial charge in [0, 0.05) is 6.08 Å². The Morgan fingerprint density at radius 1 is 0.964 bits per heavy atom. The fourth-order valence-corrected chi connectivity index (χ4v) is 2.24. The number of carbonyl (C=O) groups excluding carboxylic acids is 2. The Kier molecular flexibility index (Phi) is 6.55. The molecule has 0 aliphatic carbocycles. The van der Waals surface area contributed by atoms with Gasteiger partial charge in [0.05, 0.1) is 16.9 Å². The summed E-state index contributed by atoms with van der Waals surface area (Å²) in [5, 5.41) is 14.3. The summed E-state index contributed by atoms with van der Waals surface area (Å²) >= 11 is 0. The predicted molar refractivity (Wildman–Crippen MR) is 107 cm³/mol. The maximum atomic E-state index is 12.2. The minimum absolute atomic E-state index is 0.134. The van der Waals surface area contributed by atoms with Crippen LogP contribution in [0.25, 0.3) is 6.08 Å². The molecule has 0 atom stereocenters. The van der Waals surface area contributed by atoms with Crippen molar-refractivity contribution in [2.24, 2.45) is 0 Å². The van der Waals surface area contributed by atoms with E-state index in [1.165, 1.54) is 24.3 Å². The Bertz CT molecular complexity index is 913. The molecule has 0 fully saturated rings. The summed E-state index contributed by atoms with van der Waals surface area (Å²) in [6, 6.07) is 12.9. The lowest BCUT2D eigenvalue weighted by molar-refractivity contribution is -0.111. The number of nitrogens with one attached hydrogen (secondary N) is 2. The van der Waals surface area contributed by atoms with Gasteiger partial charge < -0.3 is 15.2 Å². The van der Waals surface area contributed by atoms with E-state index in [1.807, 2.05) is 0 Å². The SMILES string of the molecule is CC(C)(C)OC(=O)Nc1ccccc1NC(=O)/C=C/c1cccc(C(=O)O)c1. The molecule has 0 aliphatic rings. The second kappa shape index (κ2) is 8.85. The summed E-state index contributed by atoms with van der Waals surface area (Å²) in [7, 11) is 0. The van der Waals surface area contributed by atoms with Gasteiger partial charge in [-0.05, 0) is 56.7 Å². The van der Waals surface area contributed by atoms with Crippen LogP contribution in [0.4, 0.5) is 16.2 Å². The highest BCUT2D eigenvalue weighted by Crippen LogP contribution is 2.22. The number of benzene rings is 2. The van der Waals surface area contributed by atoms with Crippen molar-refractivity contribution < 1.29 is 24.2 Å². The van der Waals surface area contributed by atoms with Crippen LogP contribution in [-0.2, 0) is 9.53 Å². The number of carboxylic acid groups (broad SMARTS) is 1. The van der Waals surface area contributed by atoms with Crippen LogP contribution in [0.15, 0.2) is 54.6 Å². The zero-order valence-electron chi connectivity index (χ0n) is 15.9. The molecule has 146 valence electrons. The zero-order valence-corrected chi connectivity index (χ0v) is 15.9. The van der Waals surface area contributed by atoms with Crippen molar-refractivity contribution >= 4 is 35.4 Å². The van der Waals surface area contributed by atoms with Crippen LogP contribution in [0.1, 0.15) is 36.7 Å². The molecule has 2 rings (SSSR count). The molecule has 2 aromatic rings. The van der Waals surface area contributed by atoms with Gasteiger partial charge in [0.25, 0.3) is 0 Å². The molecular weight excluding hydrogens is 360 g/mol. The van der Waals surface area contributed by atoms with Gasteiger partial charge in [-0.25, -0.2) is 9.59 Å². The van der Waals surface area contributed by atoms with E-state index in [9.17, 15) is 14.4 Å². The van der Waals surface area contributed by atoms with Crippen molar-refractivity contribution in [2.75, 3.05) is 10.6 Å². The first kappa shape index (κ1) is 20.7. The molecule has 0 aliphatic heterocycles. The summed E-state index contributed by atoms with van der Waals surface area (Å²) in [4.78, 5) is 35.2. The van der Waals surface area contributed by atoms with E-state index in [1.54, 1.807) is 57.2 Å². The fourth-order valence-electron chi connectivity index (χ4n) is 2.24. The van der Waals surface area contributed by atoms with Crippen LogP contribution in [-0.4, -0.2) is 28.7 Å². The molecule has 0 unspecified atom stereocenters. The van der Waals surface area contributed by atoms with Crippen molar-refractivity contribution in [1.82, 2.24) is 0 Å². The predicted octanol–water partition coefficient (Wildman–Crippen LogP) is 4.38. The second-order valence-corrected chi connectivity index (χ2v) is 6.93. The number of para-hydroxylation sites is 2. The molecule has 28 heavy (non-hydrogen) atoms. The average molecular weight is 382 g/mol. The Morgan fingerprint density at radius 3 is 2.21 bits per heavy atom. The zero-order chi connectivity index (χ0) is 20.7. The third kappa shape index (κ3) is 6.60. The molecule has 0 heterocycles. The van der Waals surface area contributed by atoms with E-state index >= 15 is 0 Å². The van der Waals surface area contributed by atoms with Crippen molar-refractivity contribution in [3.05, 3.63) is 65.7 Å². The van der Waals surface area contributed by atoms with E-state index in [-0.39, 0.29) is 5.56 Å². The first-order valence-corrected chi connectivity index (χ1v) is 8.55. The highest BCUT2D eigenvalue weighted by Gasteiger charge is 2.17. The maximum Gasteiger partial charge on any atom is 0.412 e. The van der Waals surface area contributed by atoms with Gasteiger partial charge in [-0.1, -0.05) is 24.3 Å². The van der Waals surface area contributed by atoms with Gasteiger partial charge in [0.1, 0.15) is 5.60 Å². The molecule has 2 aromatic carbocycles. The molecule has 7 heteroatoms. The van der Waals surface area contributed by atoms with Crippen molar-refractivity contribution in [2.45, 2.75) is 26.4 Å². The standard InChI is InChI=1S/C21H22N2O5/c1-21(2,3)28-20(27)23-17-10-5-4-9-16(17)22-18(24)12-11-14-7-6-8-15(13-14)19(25)26/h4-13H,1-3H3,(H,22,24)(H,23,27)(H,25,26)/b12-11+. The van der Waals surface area contributed by atoms with Gasteiger partial charge in [-0.2, -0.15) is 0 Å². The summed E-state index contributed by atoms with van der Waals surface area (Å²) in [6.07, 6.45) is 2.16. The Balaban J connectivity index is 2.07. The number of amides is 2. The number of aromatic carboxylic acids is 1. The monoisotopic (exact) mass is 382 g/mol. The van der Waals surface area contributed by atoms with E-state index in [0.29, 0.717) is 16.9 Å². The summed E-state index contributed by atoms with van der Waals surface area (Å²) in [5.74, 6) is -1.47. The number of hydrogen-bond donors (Lipinski definition) is 3. The fraction of sp³-hybridized carbons (Fsp3) is 0.190. The lowest BCUT2D eigenvalue weighted by atomic mass is 10.1. The molecule has 3 N–H and O–H groups in total. The van der Waals surface area contributed by atoms with Crippen LogP contribution in [0.5, 0.6) is 0 Å². The lowest BCUT2D eigenvalue weighted by Crippen LogP contribution is -2.27. The van der Waals surface area contributed by atoms with E-state index in [4.69, 9.17) is 9.84 Å². The van der Waals surface area contributed by atoms with Crippen molar-refractivity contribution in [3.63, 3.8) is 0 Å². The molecule has 0 saturated carbocycles. The first-order chi connectivity index (χ1) is 13.1. The highest BCUT2D eigenvalue weighted by atomic mass is 16.6. The third-order valence-electron chi connectivity index (χ3n) is 3.38.